The number of rotatable bonds is 8. The maximum atomic E-state index is 12.8. The maximum Gasteiger partial charge on any atom is 0.416 e. The normalized spacial score (nSPS) is 13.5. The van der Waals surface area contributed by atoms with E-state index in [4.69, 9.17) is 9.47 Å². The molecule has 2 aromatic carbocycles. The summed E-state index contributed by atoms with van der Waals surface area (Å²) >= 11 is 0. The second-order valence-electron chi connectivity index (χ2n) is 7.24. The predicted octanol–water partition coefficient (Wildman–Crippen LogP) is 3.34. The van der Waals surface area contributed by atoms with E-state index < -0.39 is 27.7 Å². The van der Waals surface area contributed by atoms with Gasteiger partial charge in [-0.05, 0) is 36.2 Å². The van der Waals surface area contributed by atoms with Gasteiger partial charge in [0.2, 0.25) is 15.9 Å². The molecule has 0 fully saturated rings. The summed E-state index contributed by atoms with van der Waals surface area (Å²) in [5, 5.41) is 2.56. The number of fused-ring (bicyclic) bond motifs is 1. The molecule has 11 heteroatoms. The van der Waals surface area contributed by atoms with Crippen LogP contribution in [0.25, 0.3) is 0 Å². The molecule has 0 radical (unpaired) electrons. The highest BCUT2D eigenvalue weighted by molar-refractivity contribution is 7.92. The van der Waals surface area contributed by atoms with Crippen LogP contribution in [0.4, 0.5) is 18.9 Å². The Balaban J connectivity index is 1.56. The van der Waals surface area contributed by atoms with Crippen molar-refractivity contribution in [1.82, 2.24) is 5.32 Å². The average Bonchev–Trinajstić information content (AvgIpc) is 2.74. The lowest BCUT2D eigenvalue weighted by atomic mass is 10.1. The van der Waals surface area contributed by atoms with Gasteiger partial charge in [0.15, 0.2) is 11.5 Å². The van der Waals surface area contributed by atoms with Gasteiger partial charge in [0, 0.05) is 25.6 Å². The lowest BCUT2D eigenvalue weighted by Gasteiger charge is -2.25. The Labute approximate surface area is 184 Å². The van der Waals surface area contributed by atoms with Crippen LogP contribution in [0.15, 0.2) is 42.5 Å². The number of anilines is 1. The summed E-state index contributed by atoms with van der Waals surface area (Å²) in [4.78, 5) is 12.1. The fraction of sp³-hybridized carbons (Fsp3) is 0.381. The molecule has 0 aromatic heterocycles. The minimum absolute atomic E-state index is 0.00946. The van der Waals surface area contributed by atoms with E-state index in [-0.39, 0.29) is 25.9 Å². The summed E-state index contributed by atoms with van der Waals surface area (Å²) in [6, 6.07) is 9.51. The third-order valence-electron chi connectivity index (χ3n) is 4.72. The van der Waals surface area contributed by atoms with Gasteiger partial charge < -0.3 is 14.8 Å². The van der Waals surface area contributed by atoms with Gasteiger partial charge in [-0.15, -0.1) is 0 Å². The van der Waals surface area contributed by atoms with E-state index in [1.54, 1.807) is 18.2 Å². The Morgan fingerprint density at radius 1 is 1.09 bits per heavy atom. The number of nitrogens with zero attached hydrogens (tertiary/aromatic N) is 1. The zero-order valence-corrected chi connectivity index (χ0v) is 18.1. The minimum atomic E-state index is -4.46. The standard InChI is InChI=1S/C21H23F3N2O5S/c1-32(28,29)26(17-7-8-18-19(13-17)31-11-10-30-18)9-3-6-20(27)25-14-15-4-2-5-16(12-15)21(22,23)24/h2,4-5,7-8,12-13H,3,6,9-11,14H2,1H3,(H,25,27). The van der Waals surface area contributed by atoms with Crippen LogP contribution in [0.3, 0.4) is 0 Å². The molecule has 0 spiro atoms. The fourth-order valence-electron chi connectivity index (χ4n) is 3.20. The molecule has 1 amide bonds. The minimum Gasteiger partial charge on any atom is -0.486 e. The number of sulfonamides is 1. The van der Waals surface area contributed by atoms with E-state index in [2.05, 4.69) is 5.32 Å². The topological polar surface area (TPSA) is 84.9 Å². The van der Waals surface area contributed by atoms with Crippen molar-refractivity contribution in [1.29, 1.82) is 0 Å². The SMILES string of the molecule is CS(=O)(=O)N(CCCC(=O)NCc1cccc(C(F)(F)F)c1)c1ccc2c(c1)OCCO2. The summed E-state index contributed by atoms with van der Waals surface area (Å²) in [5.41, 5.74) is -0.0733. The first-order valence-electron chi connectivity index (χ1n) is 9.84. The predicted molar refractivity (Wildman–Crippen MR) is 112 cm³/mol. The van der Waals surface area contributed by atoms with Gasteiger partial charge in [-0.2, -0.15) is 13.2 Å². The van der Waals surface area contributed by atoms with Crippen molar-refractivity contribution in [2.75, 3.05) is 30.3 Å². The van der Waals surface area contributed by atoms with Crippen LogP contribution >= 0.6 is 0 Å². The van der Waals surface area contributed by atoms with Crippen molar-refractivity contribution in [2.24, 2.45) is 0 Å². The van der Waals surface area contributed by atoms with E-state index in [0.29, 0.717) is 36.0 Å². The molecule has 1 N–H and O–H groups in total. The van der Waals surface area contributed by atoms with Crippen molar-refractivity contribution in [2.45, 2.75) is 25.6 Å². The number of hydrogen-bond acceptors (Lipinski definition) is 5. The fourth-order valence-corrected chi connectivity index (χ4v) is 4.16. The molecule has 3 rings (SSSR count). The lowest BCUT2D eigenvalue weighted by Crippen LogP contribution is -2.32. The first kappa shape index (κ1) is 23.7. The first-order chi connectivity index (χ1) is 15.0. The highest BCUT2D eigenvalue weighted by atomic mass is 32.2. The monoisotopic (exact) mass is 472 g/mol. The molecule has 1 aliphatic rings. The number of benzene rings is 2. The van der Waals surface area contributed by atoms with Crippen molar-refractivity contribution in [3.63, 3.8) is 0 Å². The Morgan fingerprint density at radius 2 is 1.81 bits per heavy atom. The van der Waals surface area contributed by atoms with Crippen LogP contribution in [-0.4, -0.2) is 40.3 Å². The Morgan fingerprint density at radius 3 is 2.50 bits per heavy atom. The second kappa shape index (κ2) is 9.68. The Hall–Kier alpha value is -2.95. The maximum absolute atomic E-state index is 12.8. The number of carbonyl (C=O) groups is 1. The zero-order valence-electron chi connectivity index (χ0n) is 17.3. The number of amides is 1. The number of hydrogen-bond donors (Lipinski definition) is 1. The summed E-state index contributed by atoms with van der Waals surface area (Å²) in [6.45, 7) is 0.773. The quantitative estimate of drug-likeness (QED) is 0.637. The van der Waals surface area contributed by atoms with Crippen LogP contribution in [0.5, 0.6) is 11.5 Å². The van der Waals surface area contributed by atoms with Crippen molar-refractivity contribution in [3.8, 4) is 11.5 Å². The molecule has 0 aliphatic carbocycles. The van der Waals surface area contributed by atoms with Gasteiger partial charge in [-0.3, -0.25) is 9.10 Å². The summed E-state index contributed by atoms with van der Waals surface area (Å²) in [6.07, 6.45) is -3.16. The van der Waals surface area contributed by atoms with E-state index in [1.165, 1.54) is 16.4 Å². The summed E-state index contributed by atoms with van der Waals surface area (Å²) in [5.74, 6) is 0.585. The largest absolute Gasteiger partial charge is 0.486 e. The van der Waals surface area contributed by atoms with Crippen molar-refractivity contribution < 1.29 is 35.9 Å². The Kier molecular flexibility index (Phi) is 7.17. The number of nitrogens with one attached hydrogen (secondary N) is 1. The van der Waals surface area contributed by atoms with Crippen molar-refractivity contribution in [3.05, 3.63) is 53.6 Å². The molecule has 0 saturated heterocycles. The lowest BCUT2D eigenvalue weighted by molar-refractivity contribution is -0.137. The molecule has 1 heterocycles. The number of alkyl halides is 3. The average molecular weight is 472 g/mol. The molecule has 2 aromatic rings. The molecule has 0 bridgehead atoms. The molecule has 1 aliphatic heterocycles. The van der Waals surface area contributed by atoms with Crippen LogP contribution < -0.4 is 19.1 Å². The van der Waals surface area contributed by atoms with Crippen LogP contribution in [0.1, 0.15) is 24.0 Å². The molecule has 174 valence electrons. The Bertz CT molecular complexity index is 1070. The van der Waals surface area contributed by atoms with Gasteiger partial charge >= 0.3 is 6.18 Å². The van der Waals surface area contributed by atoms with E-state index in [1.807, 2.05) is 0 Å². The summed E-state index contributed by atoms with van der Waals surface area (Å²) < 4.78 is 75.0. The van der Waals surface area contributed by atoms with E-state index >= 15 is 0 Å². The first-order valence-corrected chi connectivity index (χ1v) is 11.7. The van der Waals surface area contributed by atoms with Gasteiger partial charge in [0.25, 0.3) is 0 Å². The molecule has 0 unspecified atom stereocenters. The van der Waals surface area contributed by atoms with E-state index in [0.717, 1.165) is 18.4 Å². The number of ether oxygens (including phenoxy) is 2. The molecule has 32 heavy (non-hydrogen) atoms. The van der Waals surface area contributed by atoms with Gasteiger partial charge in [0.05, 0.1) is 17.5 Å². The molecule has 0 atom stereocenters. The van der Waals surface area contributed by atoms with Crippen molar-refractivity contribution >= 4 is 21.6 Å². The molecule has 0 saturated carbocycles. The molecule has 7 nitrogen and oxygen atoms in total. The van der Waals surface area contributed by atoms with Crippen LogP contribution in [0, 0.1) is 0 Å². The second-order valence-corrected chi connectivity index (χ2v) is 9.15. The third-order valence-corrected chi connectivity index (χ3v) is 5.92. The number of carbonyl (C=O) groups excluding carboxylic acids is 1. The van der Waals surface area contributed by atoms with Gasteiger partial charge in [0.1, 0.15) is 13.2 Å². The number of halogens is 3. The van der Waals surface area contributed by atoms with Gasteiger partial charge in [-0.25, -0.2) is 8.42 Å². The van der Waals surface area contributed by atoms with Gasteiger partial charge in [-0.1, -0.05) is 12.1 Å². The smallest absolute Gasteiger partial charge is 0.416 e. The van der Waals surface area contributed by atoms with Crippen LogP contribution in [-0.2, 0) is 27.5 Å². The van der Waals surface area contributed by atoms with Crippen LogP contribution in [0.2, 0.25) is 0 Å². The zero-order chi connectivity index (χ0) is 23.4. The highest BCUT2D eigenvalue weighted by Gasteiger charge is 2.30. The third kappa shape index (κ3) is 6.28. The highest BCUT2D eigenvalue weighted by Crippen LogP contribution is 2.34. The molecular formula is C21H23F3N2O5S. The van der Waals surface area contributed by atoms with E-state index in [9.17, 15) is 26.4 Å². The summed E-state index contributed by atoms with van der Waals surface area (Å²) in [7, 11) is -3.62. The molecular weight excluding hydrogens is 449 g/mol.